The Morgan fingerprint density at radius 3 is 2.90 bits per heavy atom. The van der Waals surface area contributed by atoms with Crippen molar-refractivity contribution < 1.29 is 9.53 Å². The number of anilines is 1. The van der Waals surface area contributed by atoms with Gasteiger partial charge in [-0.15, -0.1) is 11.3 Å². The van der Waals surface area contributed by atoms with Crippen LogP contribution in [0.1, 0.15) is 15.3 Å². The lowest BCUT2D eigenvalue weighted by Gasteiger charge is -2.06. The molecule has 20 heavy (non-hydrogen) atoms. The summed E-state index contributed by atoms with van der Waals surface area (Å²) in [4.78, 5) is 17.4. The van der Waals surface area contributed by atoms with Crippen LogP contribution in [0.3, 0.4) is 0 Å². The van der Waals surface area contributed by atoms with E-state index >= 15 is 0 Å². The van der Waals surface area contributed by atoms with Gasteiger partial charge in [0.05, 0.1) is 25.4 Å². The number of ether oxygens (including phenoxy) is 1. The van der Waals surface area contributed by atoms with Gasteiger partial charge in [-0.1, -0.05) is 11.6 Å². The number of hydrogen-bond acceptors (Lipinski definition) is 5. The van der Waals surface area contributed by atoms with Crippen LogP contribution >= 0.6 is 22.9 Å². The minimum atomic E-state index is -0.219. The zero-order valence-electron chi connectivity index (χ0n) is 11.3. The zero-order valence-corrected chi connectivity index (χ0v) is 12.8. The lowest BCUT2D eigenvalue weighted by molar-refractivity contribution is -0.139. The van der Waals surface area contributed by atoms with Gasteiger partial charge in [0.15, 0.2) is 0 Å². The first kappa shape index (κ1) is 14.8. The molecule has 1 N–H and O–H groups in total. The van der Waals surface area contributed by atoms with Crippen molar-refractivity contribution in [2.24, 2.45) is 0 Å². The number of hydrogen-bond donors (Lipinski definition) is 1. The Bertz CT molecular complexity index is 613. The molecule has 0 saturated carbocycles. The maximum Gasteiger partial charge on any atom is 0.310 e. The summed E-state index contributed by atoms with van der Waals surface area (Å²) in [6.07, 6.45) is 2.03. The number of nitrogens with zero attached hydrogens (tertiary/aromatic N) is 1. The van der Waals surface area contributed by atoms with Crippen molar-refractivity contribution in [3.05, 3.63) is 44.9 Å². The van der Waals surface area contributed by atoms with Crippen molar-refractivity contribution in [3.63, 3.8) is 0 Å². The van der Waals surface area contributed by atoms with Crippen molar-refractivity contribution in [1.82, 2.24) is 4.98 Å². The SMILES string of the molecule is COC(=O)Cc1ccc(CNc2cnc(Cl)c(C)c2)s1. The fraction of sp³-hybridized carbons (Fsp3) is 0.286. The van der Waals surface area contributed by atoms with Gasteiger partial charge in [-0.05, 0) is 30.7 Å². The molecule has 0 unspecified atom stereocenters. The number of methoxy groups -OCH3 is 1. The molecule has 0 atom stereocenters. The molecule has 0 bridgehead atoms. The molecular weight excluding hydrogens is 296 g/mol. The number of aryl methyl sites for hydroxylation is 1. The number of thiophene rings is 1. The molecule has 0 spiro atoms. The molecule has 0 aliphatic carbocycles. The van der Waals surface area contributed by atoms with E-state index in [0.29, 0.717) is 18.1 Å². The van der Waals surface area contributed by atoms with E-state index in [0.717, 1.165) is 21.0 Å². The van der Waals surface area contributed by atoms with Crippen LogP contribution in [0.25, 0.3) is 0 Å². The first-order valence-corrected chi connectivity index (χ1v) is 7.28. The largest absolute Gasteiger partial charge is 0.469 e. The molecule has 4 nitrogen and oxygen atoms in total. The Morgan fingerprint density at radius 2 is 2.20 bits per heavy atom. The molecule has 6 heteroatoms. The molecule has 0 amide bonds. The predicted molar refractivity (Wildman–Crippen MR) is 81.3 cm³/mol. The van der Waals surface area contributed by atoms with Crippen LogP contribution in [0.5, 0.6) is 0 Å². The lowest BCUT2D eigenvalue weighted by atomic mass is 10.3. The quantitative estimate of drug-likeness (QED) is 0.679. The van der Waals surface area contributed by atoms with Gasteiger partial charge in [-0.3, -0.25) is 4.79 Å². The summed E-state index contributed by atoms with van der Waals surface area (Å²) in [5.74, 6) is -0.219. The number of rotatable bonds is 5. The molecule has 2 aromatic rings. The topological polar surface area (TPSA) is 51.2 Å². The summed E-state index contributed by atoms with van der Waals surface area (Å²) < 4.78 is 4.65. The second-order valence-corrected chi connectivity index (χ2v) is 5.92. The van der Waals surface area contributed by atoms with Gasteiger partial charge < -0.3 is 10.1 Å². The molecule has 0 aliphatic rings. The van der Waals surface area contributed by atoms with Gasteiger partial charge in [0.1, 0.15) is 5.15 Å². The van der Waals surface area contributed by atoms with Gasteiger partial charge in [0.2, 0.25) is 0 Å². The summed E-state index contributed by atoms with van der Waals surface area (Å²) in [6.45, 7) is 2.61. The number of pyridine rings is 1. The first-order chi connectivity index (χ1) is 9.58. The first-order valence-electron chi connectivity index (χ1n) is 6.09. The molecule has 0 aromatic carbocycles. The van der Waals surface area contributed by atoms with Crippen LogP contribution in [0, 0.1) is 6.92 Å². The highest BCUT2D eigenvalue weighted by atomic mass is 35.5. The van der Waals surface area contributed by atoms with E-state index in [1.807, 2.05) is 25.1 Å². The van der Waals surface area contributed by atoms with Gasteiger partial charge >= 0.3 is 5.97 Å². The summed E-state index contributed by atoms with van der Waals surface area (Å²) >= 11 is 7.48. The maximum atomic E-state index is 11.2. The fourth-order valence-electron chi connectivity index (χ4n) is 1.67. The molecule has 2 aromatic heterocycles. The standard InChI is InChI=1S/C14H15ClN2O2S/c1-9-5-10(7-17-14(9)15)16-8-12-4-3-11(20-12)6-13(18)19-2/h3-5,7,16H,6,8H2,1-2H3. The van der Waals surface area contributed by atoms with E-state index in [1.54, 1.807) is 17.5 Å². The second-order valence-electron chi connectivity index (χ2n) is 4.31. The second kappa shape index (κ2) is 6.72. The third-order valence-electron chi connectivity index (χ3n) is 2.74. The molecular formula is C14H15ClN2O2S. The predicted octanol–water partition coefficient (Wildman–Crippen LogP) is 3.43. The van der Waals surface area contributed by atoms with E-state index in [9.17, 15) is 4.79 Å². The Hall–Kier alpha value is -1.59. The summed E-state index contributed by atoms with van der Waals surface area (Å²) in [5, 5.41) is 3.80. The van der Waals surface area contributed by atoms with Crippen molar-refractivity contribution in [3.8, 4) is 0 Å². The van der Waals surface area contributed by atoms with Gasteiger partial charge in [-0.2, -0.15) is 0 Å². The van der Waals surface area contributed by atoms with Crippen molar-refractivity contribution in [1.29, 1.82) is 0 Å². The van der Waals surface area contributed by atoms with Crippen molar-refractivity contribution in [2.75, 3.05) is 12.4 Å². The highest BCUT2D eigenvalue weighted by molar-refractivity contribution is 7.12. The van der Waals surface area contributed by atoms with Crippen LogP contribution in [0.15, 0.2) is 24.4 Å². The molecule has 0 radical (unpaired) electrons. The van der Waals surface area contributed by atoms with Gasteiger partial charge in [0, 0.05) is 16.3 Å². The number of aromatic nitrogens is 1. The Kier molecular flexibility index (Phi) is 4.98. The molecule has 0 fully saturated rings. The average molecular weight is 311 g/mol. The smallest absolute Gasteiger partial charge is 0.310 e. The normalized spacial score (nSPS) is 10.3. The number of nitrogens with one attached hydrogen (secondary N) is 1. The van der Waals surface area contributed by atoms with Gasteiger partial charge in [0.25, 0.3) is 0 Å². The fourth-order valence-corrected chi connectivity index (χ4v) is 2.72. The van der Waals surface area contributed by atoms with Crippen LogP contribution < -0.4 is 5.32 Å². The monoisotopic (exact) mass is 310 g/mol. The highest BCUT2D eigenvalue weighted by Crippen LogP contribution is 2.20. The van der Waals surface area contributed by atoms with Crippen LogP contribution in [-0.4, -0.2) is 18.1 Å². The summed E-state index contributed by atoms with van der Waals surface area (Å²) in [6, 6.07) is 5.91. The third-order valence-corrected chi connectivity index (χ3v) is 4.23. The minimum absolute atomic E-state index is 0.219. The van der Waals surface area contributed by atoms with E-state index in [2.05, 4.69) is 15.0 Å². The van der Waals surface area contributed by atoms with Crippen molar-refractivity contribution >= 4 is 34.6 Å². The lowest BCUT2D eigenvalue weighted by Crippen LogP contribution is -2.02. The highest BCUT2D eigenvalue weighted by Gasteiger charge is 2.06. The van der Waals surface area contributed by atoms with Gasteiger partial charge in [-0.25, -0.2) is 4.98 Å². The summed E-state index contributed by atoms with van der Waals surface area (Å²) in [7, 11) is 1.40. The number of esters is 1. The summed E-state index contributed by atoms with van der Waals surface area (Å²) in [5.41, 5.74) is 1.86. The van der Waals surface area contributed by atoms with Crippen molar-refractivity contribution in [2.45, 2.75) is 19.9 Å². The Balaban J connectivity index is 1.93. The number of carbonyl (C=O) groups is 1. The molecule has 2 rings (SSSR count). The minimum Gasteiger partial charge on any atom is -0.469 e. The molecule has 2 heterocycles. The number of carbonyl (C=O) groups excluding carboxylic acids is 1. The Labute approximate surface area is 126 Å². The van der Waals surface area contributed by atoms with E-state index in [-0.39, 0.29) is 5.97 Å². The molecule has 0 aliphatic heterocycles. The molecule has 0 saturated heterocycles. The number of halogens is 1. The van der Waals surface area contributed by atoms with E-state index < -0.39 is 0 Å². The van der Waals surface area contributed by atoms with E-state index in [1.165, 1.54) is 7.11 Å². The third kappa shape index (κ3) is 3.95. The van der Waals surface area contributed by atoms with Crippen LogP contribution in [-0.2, 0) is 22.5 Å². The van der Waals surface area contributed by atoms with Crippen LogP contribution in [0.2, 0.25) is 5.15 Å². The zero-order chi connectivity index (χ0) is 14.5. The average Bonchev–Trinajstić information content (AvgIpc) is 2.87. The van der Waals surface area contributed by atoms with Crippen LogP contribution in [0.4, 0.5) is 5.69 Å². The Morgan fingerprint density at radius 1 is 1.45 bits per heavy atom. The molecule has 106 valence electrons. The van der Waals surface area contributed by atoms with E-state index in [4.69, 9.17) is 11.6 Å². The maximum absolute atomic E-state index is 11.2.